The van der Waals surface area contributed by atoms with E-state index in [1.165, 1.54) is 0 Å². The van der Waals surface area contributed by atoms with Gasteiger partial charge in [-0.2, -0.15) is 21.6 Å². The monoisotopic (exact) mass is 360 g/mol. The van der Waals surface area contributed by atoms with Crippen LogP contribution in [0.15, 0.2) is 41.2 Å². The van der Waals surface area contributed by atoms with Crippen LogP contribution in [0.3, 0.4) is 0 Å². The van der Waals surface area contributed by atoms with Gasteiger partial charge in [-0.05, 0) is 44.7 Å². The number of allylic oxidation sites excluding steroid dienone is 4. The molecule has 3 nitrogen and oxygen atoms in total. The molecule has 0 aliphatic heterocycles. The maximum absolute atomic E-state index is 12.7. The molecular formula is C17H19F3O3S. The van der Waals surface area contributed by atoms with Crippen LogP contribution in [0.5, 0.6) is 0 Å². The number of halogens is 3. The van der Waals surface area contributed by atoms with E-state index in [-0.39, 0.29) is 12.2 Å². The van der Waals surface area contributed by atoms with E-state index in [0.717, 1.165) is 22.3 Å². The summed E-state index contributed by atoms with van der Waals surface area (Å²) in [5, 5.41) is 0. The molecule has 24 heavy (non-hydrogen) atoms. The highest BCUT2D eigenvalue weighted by molar-refractivity contribution is 7.87. The summed E-state index contributed by atoms with van der Waals surface area (Å²) in [6.45, 7) is 5.67. The minimum atomic E-state index is -5.66. The molecule has 0 heterocycles. The van der Waals surface area contributed by atoms with Gasteiger partial charge >= 0.3 is 15.6 Å². The van der Waals surface area contributed by atoms with Gasteiger partial charge < -0.3 is 4.18 Å². The lowest BCUT2D eigenvalue weighted by molar-refractivity contribution is -0.0523. The molecule has 0 fully saturated rings. The fourth-order valence-electron chi connectivity index (χ4n) is 2.49. The number of hydrogen-bond acceptors (Lipinski definition) is 3. The van der Waals surface area contributed by atoms with E-state index in [1.54, 1.807) is 12.1 Å². The molecule has 0 atom stereocenters. The van der Waals surface area contributed by atoms with E-state index in [2.05, 4.69) is 4.18 Å². The molecule has 1 aromatic carbocycles. The molecule has 2 rings (SSSR count). The van der Waals surface area contributed by atoms with Crippen molar-refractivity contribution in [2.75, 3.05) is 0 Å². The molecule has 1 aliphatic rings. The van der Waals surface area contributed by atoms with Gasteiger partial charge in [-0.15, -0.1) is 0 Å². The number of rotatable bonds is 4. The van der Waals surface area contributed by atoms with Crippen LogP contribution in [-0.2, 0) is 20.7 Å². The Labute approximate surface area is 140 Å². The lowest BCUT2D eigenvalue weighted by Crippen LogP contribution is -2.26. The first-order valence-electron chi connectivity index (χ1n) is 7.47. The summed E-state index contributed by atoms with van der Waals surface area (Å²) in [4.78, 5) is 0. The van der Waals surface area contributed by atoms with Crippen LogP contribution in [0.4, 0.5) is 13.2 Å². The van der Waals surface area contributed by atoms with Gasteiger partial charge in [0.05, 0.1) is 0 Å². The summed E-state index contributed by atoms with van der Waals surface area (Å²) in [6, 6.07) is 7.30. The van der Waals surface area contributed by atoms with E-state index in [4.69, 9.17) is 0 Å². The second kappa shape index (κ2) is 6.63. The molecule has 0 radical (unpaired) electrons. The van der Waals surface area contributed by atoms with Crippen LogP contribution in [0.25, 0.3) is 5.57 Å². The minimum Gasteiger partial charge on any atom is -0.380 e. The highest BCUT2D eigenvalue weighted by Crippen LogP contribution is 2.38. The predicted octanol–water partition coefficient (Wildman–Crippen LogP) is 4.96. The average molecular weight is 360 g/mol. The molecule has 0 aromatic heterocycles. The number of hydrogen-bond donors (Lipinski definition) is 0. The molecule has 0 N–H and O–H groups in total. The first-order valence-corrected chi connectivity index (χ1v) is 8.88. The molecule has 1 aliphatic carbocycles. The Kier molecular flexibility index (Phi) is 5.13. The maximum Gasteiger partial charge on any atom is 0.534 e. The van der Waals surface area contributed by atoms with Crippen molar-refractivity contribution in [2.24, 2.45) is 0 Å². The van der Waals surface area contributed by atoms with Gasteiger partial charge in [0, 0.05) is 12.0 Å². The van der Waals surface area contributed by atoms with Gasteiger partial charge in [-0.25, -0.2) is 0 Å². The number of fused-ring (bicyclic) bond motifs is 1. The van der Waals surface area contributed by atoms with Crippen LogP contribution in [-0.4, -0.2) is 13.9 Å². The third-order valence-electron chi connectivity index (χ3n) is 4.09. The third-order valence-corrected chi connectivity index (χ3v) is 5.08. The van der Waals surface area contributed by atoms with Gasteiger partial charge in [0.2, 0.25) is 0 Å². The molecular weight excluding hydrogens is 341 g/mol. The normalized spacial score (nSPS) is 15.1. The Balaban J connectivity index is 2.54. The summed E-state index contributed by atoms with van der Waals surface area (Å²) >= 11 is 0. The van der Waals surface area contributed by atoms with E-state index in [1.807, 2.05) is 32.9 Å². The Morgan fingerprint density at radius 3 is 2.33 bits per heavy atom. The summed E-state index contributed by atoms with van der Waals surface area (Å²) in [6.07, 6.45) is 0.913. The van der Waals surface area contributed by atoms with Gasteiger partial charge in [-0.3, -0.25) is 0 Å². The van der Waals surface area contributed by atoms with E-state index >= 15 is 0 Å². The van der Waals surface area contributed by atoms with Crippen LogP contribution in [0.2, 0.25) is 0 Å². The first-order chi connectivity index (χ1) is 11.0. The lowest BCUT2D eigenvalue weighted by atomic mass is 9.86. The molecule has 7 heteroatoms. The van der Waals surface area contributed by atoms with Crippen molar-refractivity contribution in [3.05, 3.63) is 52.3 Å². The zero-order valence-electron chi connectivity index (χ0n) is 13.7. The molecule has 132 valence electrons. The van der Waals surface area contributed by atoms with E-state index < -0.39 is 15.6 Å². The Morgan fingerprint density at radius 2 is 1.75 bits per heavy atom. The van der Waals surface area contributed by atoms with Crippen LogP contribution in [0.1, 0.15) is 44.7 Å². The standard InChI is InChI=1S/C17H19F3O3S/c1-11(2)12(3)10-15-14-7-5-4-6-13(14)8-9-16(15)23-24(21,22)17(18,19)20/h4-7H,8-10H2,1-3H3. The molecule has 0 unspecified atom stereocenters. The van der Waals surface area contributed by atoms with Gasteiger partial charge in [-0.1, -0.05) is 35.4 Å². The zero-order chi connectivity index (χ0) is 18.1. The van der Waals surface area contributed by atoms with E-state index in [0.29, 0.717) is 18.4 Å². The van der Waals surface area contributed by atoms with Crippen molar-refractivity contribution in [3.63, 3.8) is 0 Å². The van der Waals surface area contributed by atoms with Crippen molar-refractivity contribution in [1.29, 1.82) is 0 Å². The fraction of sp³-hybridized carbons (Fsp3) is 0.412. The van der Waals surface area contributed by atoms with Crippen molar-refractivity contribution < 1.29 is 25.8 Å². The molecule has 0 saturated carbocycles. The van der Waals surface area contributed by atoms with Crippen molar-refractivity contribution >= 4 is 15.7 Å². The van der Waals surface area contributed by atoms with Gasteiger partial charge in [0.15, 0.2) is 0 Å². The smallest absolute Gasteiger partial charge is 0.380 e. The summed E-state index contributed by atoms with van der Waals surface area (Å²) < 4.78 is 65.3. The summed E-state index contributed by atoms with van der Waals surface area (Å²) in [5.41, 5.74) is -1.21. The number of aryl methyl sites for hydroxylation is 1. The lowest BCUT2D eigenvalue weighted by Gasteiger charge is -2.24. The van der Waals surface area contributed by atoms with Crippen molar-refractivity contribution in [3.8, 4) is 0 Å². The number of benzene rings is 1. The van der Waals surface area contributed by atoms with Crippen molar-refractivity contribution in [2.45, 2.75) is 45.5 Å². The number of alkyl halides is 3. The maximum atomic E-state index is 12.7. The Morgan fingerprint density at radius 1 is 1.12 bits per heavy atom. The largest absolute Gasteiger partial charge is 0.534 e. The average Bonchev–Trinajstić information content (AvgIpc) is 2.48. The second-order valence-corrected chi connectivity index (χ2v) is 7.54. The van der Waals surface area contributed by atoms with Gasteiger partial charge in [0.1, 0.15) is 5.76 Å². The molecule has 0 bridgehead atoms. The third kappa shape index (κ3) is 3.83. The van der Waals surface area contributed by atoms with Crippen LogP contribution in [0, 0.1) is 0 Å². The molecule has 0 amide bonds. The zero-order valence-corrected chi connectivity index (χ0v) is 14.5. The highest BCUT2D eigenvalue weighted by Gasteiger charge is 2.49. The SMILES string of the molecule is CC(C)=C(C)CC1=C(OS(=O)(=O)C(F)(F)F)CCc2ccccc21. The van der Waals surface area contributed by atoms with Crippen molar-refractivity contribution in [1.82, 2.24) is 0 Å². The highest BCUT2D eigenvalue weighted by atomic mass is 32.2. The van der Waals surface area contributed by atoms with E-state index in [9.17, 15) is 21.6 Å². The fourth-order valence-corrected chi connectivity index (χ4v) is 3.03. The summed E-state index contributed by atoms with van der Waals surface area (Å²) in [7, 11) is -5.66. The quantitative estimate of drug-likeness (QED) is 0.433. The summed E-state index contributed by atoms with van der Waals surface area (Å²) in [5.74, 6) is -0.119. The second-order valence-electron chi connectivity index (χ2n) is 6.00. The van der Waals surface area contributed by atoms with Crippen LogP contribution < -0.4 is 0 Å². The molecule has 0 saturated heterocycles. The molecule has 1 aromatic rings. The molecule has 0 spiro atoms. The van der Waals surface area contributed by atoms with Gasteiger partial charge in [0.25, 0.3) is 0 Å². The predicted molar refractivity (Wildman–Crippen MR) is 86.4 cm³/mol. The van der Waals surface area contributed by atoms with Crippen LogP contribution >= 0.6 is 0 Å². The Hall–Kier alpha value is -1.76. The first kappa shape index (κ1) is 18.6. The minimum absolute atomic E-state index is 0.119. The Bertz CT molecular complexity index is 799. The topological polar surface area (TPSA) is 43.4 Å².